The Hall–Kier alpha value is -1.71. The van der Waals surface area contributed by atoms with Crippen LogP contribution in [0.3, 0.4) is 0 Å². The molecule has 1 aromatic heterocycles. The molecular weight excluding hydrogens is 166 g/mol. The van der Waals surface area contributed by atoms with Crippen molar-refractivity contribution < 1.29 is 4.79 Å². The van der Waals surface area contributed by atoms with E-state index in [1.165, 1.54) is 0 Å². The molecule has 1 rings (SSSR count). The maximum atomic E-state index is 11.3. The van der Waals surface area contributed by atoms with Crippen LogP contribution in [0, 0.1) is 0 Å². The van der Waals surface area contributed by atoms with Crippen LogP contribution < -0.4 is 5.32 Å². The average Bonchev–Trinajstić information content (AvgIpc) is 2.19. The normalized spacial score (nSPS) is 9.23. The van der Waals surface area contributed by atoms with E-state index in [-0.39, 0.29) is 5.91 Å². The Bertz CT molecular complexity index is 284. The van der Waals surface area contributed by atoms with Crippen molar-refractivity contribution in [3.63, 3.8) is 0 Å². The van der Waals surface area contributed by atoms with Gasteiger partial charge in [-0.1, -0.05) is 0 Å². The summed E-state index contributed by atoms with van der Waals surface area (Å²) in [5.41, 5.74) is 0.610. The summed E-state index contributed by atoms with van der Waals surface area (Å²) in [5.74, 6) is -0.106. The highest BCUT2D eigenvalue weighted by Crippen LogP contribution is 1.94. The van der Waals surface area contributed by atoms with Gasteiger partial charge in [-0.3, -0.25) is 14.8 Å². The van der Waals surface area contributed by atoms with E-state index in [0.29, 0.717) is 18.7 Å². The van der Waals surface area contributed by atoms with Crippen molar-refractivity contribution in [3.8, 4) is 0 Å². The number of hydrogen-bond acceptors (Lipinski definition) is 3. The van der Waals surface area contributed by atoms with Gasteiger partial charge in [0.15, 0.2) is 0 Å². The Kier molecular flexibility index (Phi) is 3.63. The van der Waals surface area contributed by atoms with Crippen LogP contribution >= 0.6 is 0 Å². The molecule has 0 aromatic carbocycles. The molecule has 1 heterocycles. The second-order valence-electron chi connectivity index (χ2n) is 2.44. The lowest BCUT2D eigenvalue weighted by molar-refractivity contribution is 0.0955. The monoisotopic (exact) mass is 177 g/mol. The largest absolute Gasteiger partial charge is 0.350 e. The van der Waals surface area contributed by atoms with Crippen molar-refractivity contribution in [2.24, 2.45) is 4.99 Å². The van der Waals surface area contributed by atoms with Gasteiger partial charge in [0, 0.05) is 24.5 Å². The number of carbonyl (C=O) groups excluding carboxylic acids is 1. The number of hydrogen-bond donors (Lipinski definition) is 1. The summed E-state index contributed by atoms with van der Waals surface area (Å²) >= 11 is 0. The molecule has 0 aliphatic rings. The predicted octanol–water partition coefficient (Wildman–Crippen LogP) is 0.512. The third-order valence-electron chi connectivity index (χ3n) is 1.50. The van der Waals surface area contributed by atoms with Crippen molar-refractivity contribution >= 4 is 12.6 Å². The van der Waals surface area contributed by atoms with Crippen LogP contribution in [0.2, 0.25) is 0 Å². The SMILES string of the molecule is C=NCCNC(=O)c1ccncc1. The fourth-order valence-electron chi connectivity index (χ4n) is 0.854. The molecule has 0 spiro atoms. The first kappa shape index (κ1) is 9.38. The first-order valence-electron chi connectivity index (χ1n) is 3.95. The smallest absolute Gasteiger partial charge is 0.251 e. The third kappa shape index (κ3) is 3.02. The molecule has 68 valence electrons. The van der Waals surface area contributed by atoms with Crippen LogP contribution in [-0.4, -0.2) is 30.7 Å². The number of aromatic nitrogens is 1. The second-order valence-corrected chi connectivity index (χ2v) is 2.44. The topological polar surface area (TPSA) is 54.4 Å². The minimum Gasteiger partial charge on any atom is -0.350 e. The van der Waals surface area contributed by atoms with Crippen molar-refractivity contribution in [1.82, 2.24) is 10.3 Å². The number of amides is 1. The van der Waals surface area contributed by atoms with Crippen LogP contribution in [0.15, 0.2) is 29.5 Å². The molecule has 0 saturated carbocycles. The van der Waals surface area contributed by atoms with Gasteiger partial charge >= 0.3 is 0 Å². The number of rotatable bonds is 4. The van der Waals surface area contributed by atoms with Gasteiger partial charge in [0.25, 0.3) is 5.91 Å². The number of nitrogens with one attached hydrogen (secondary N) is 1. The molecule has 1 aromatic rings. The van der Waals surface area contributed by atoms with Crippen LogP contribution in [-0.2, 0) is 0 Å². The molecular formula is C9H11N3O. The van der Waals surface area contributed by atoms with Gasteiger partial charge in [-0.05, 0) is 18.9 Å². The minimum atomic E-state index is -0.106. The van der Waals surface area contributed by atoms with Crippen LogP contribution in [0.25, 0.3) is 0 Å². The Morgan fingerprint density at radius 3 is 2.85 bits per heavy atom. The molecule has 1 N–H and O–H groups in total. The van der Waals surface area contributed by atoms with Gasteiger partial charge in [0.05, 0.1) is 6.54 Å². The number of pyridine rings is 1. The maximum Gasteiger partial charge on any atom is 0.251 e. The fraction of sp³-hybridized carbons (Fsp3) is 0.222. The molecule has 4 heteroatoms. The second kappa shape index (κ2) is 5.03. The first-order chi connectivity index (χ1) is 6.34. The molecule has 0 atom stereocenters. The van der Waals surface area contributed by atoms with Crippen LogP contribution in [0.4, 0.5) is 0 Å². The molecule has 0 bridgehead atoms. The van der Waals surface area contributed by atoms with Gasteiger partial charge in [0.1, 0.15) is 0 Å². The van der Waals surface area contributed by atoms with Crippen molar-refractivity contribution in [1.29, 1.82) is 0 Å². The standard InChI is InChI=1S/C9H11N3O/c1-10-6-7-12-9(13)8-2-4-11-5-3-8/h2-5H,1,6-7H2,(H,12,13). The van der Waals surface area contributed by atoms with E-state index >= 15 is 0 Å². The average molecular weight is 177 g/mol. The van der Waals surface area contributed by atoms with E-state index in [1.807, 2.05) is 0 Å². The molecule has 0 fully saturated rings. The minimum absolute atomic E-state index is 0.106. The summed E-state index contributed by atoms with van der Waals surface area (Å²) in [4.78, 5) is 18.8. The summed E-state index contributed by atoms with van der Waals surface area (Å²) in [6.07, 6.45) is 3.17. The highest BCUT2D eigenvalue weighted by Gasteiger charge is 2.01. The number of nitrogens with zero attached hydrogens (tertiary/aromatic N) is 2. The van der Waals surface area contributed by atoms with E-state index in [0.717, 1.165) is 0 Å². The molecule has 0 radical (unpaired) electrons. The van der Waals surface area contributed by atoms with Gasteiger partial charge in [-0.2, -0.15) is 0 Å². The summed E-state index contributed by atoms with van der Waals surface area (Å²) in [6.45, 7) is 4.38. The van der Waals surface area contributed by atoms with E-state index in [2.05, 4.69) is 22.0 Å². The fourth-order valence-corrected chi connectivity index (χ4v) is 0.854. The molecule has 0 unspecified atom stereocenters. The Morgan fingerprint density at radius 2 is 2.23 bits per heavy atom. The predicted molar refractivity (Wildman–Crippen MR) is 51.0 cm³/mol. The molecule has 0 aliphatic heterocycles. The Labute approximate surface area is 76.7 Å². The molecule has 13 heavy (non-hydrogen) atoms. The lowest BCUT2D eigenvalue weighted by Gasteiger charge is -2.01. The van der Waals surface area contributed by atoms with Gasteiger partial charge < -0.3 is 5.32 Å². The number of aliphatic imine (C=N–C) groups is 1. The molecule has 1 amide bonds. The summed E-state index contributed by atoms with van der Waals surface area (Å²) < 4.78 is 0. The van der Waals surface area contributed by atoms with Gasteiger partial charge in [-0.15, -0.1) is 0 Å². The molecule has 4 nitrogen and oxygen atoms in total. The maximum absolute atomic E-state index is 11.3. The first-order valence-corrected chi connectivity index (χ1v) is 3.95. The summed E-state index contributed by atoms with van der Waals surface area (Å²) in [5, 5.41) is 2.70. The van der Waals surface area contributed by atoms with Gasteiger partial charge in [0.2, 0.25) is 0 Å². The highest BCUT2D eigenvalue weighted by atomic mass is 16.1. The van der Waals surface area contributed by atoms with Crippen LogP contribution in [0.1, 0.15) is 10.4 Å². The van der Waals surface area contributed by atoms with E-state index < -0.39 is 0 Å². The van der Waals surface area contributed by atoms with Crippen molar-refractivity contribution in [2.75, 3.05) is 13.1 Å². The van der Waals surface area contributed by atoms with E-state index in [1.54, 1.807) is 24.5 Å². The lowest BCUT2D eigenvalue weighted by atomic mass is 10.2. The number of carbonyl (C=O) groups is 1. The van der Waals surface area contributed by atoms with E-state index in [4.69, 9.17) is 0 Å². The van der Waals surface area contributed by atoms with Crippen LogP contribution in [0.5, 0.6) is 0 Å². The zero-order chi connectivity index (χ0) is 9.52. The van der Waals surface area contributed by atoms with Gasteiger partial charge in [-0.25, -0.2) is 0 Å². The van der Waals surface area contributed by atoms with Crippen molar-refractivity contribution in [2.45, 2.75) is 0 Å². The molecule has 0 saturated heterocycles. The van der Waals surface area contributed by atoms with Crippen molar-refractivity contribution in [3.05, 3.63) is 30.1 Å². The summed E-state index contributed by atoms with van der Waals surface area (Å²) in [7, 11) is 0. The molecule has 0 aliphatic carbocycles. The zero-order valence-corrected chi connectivity index (χ0v) is 7.23. The van der Waals surface area contributed by atoms with E-state index in [9.17, 15) is 4.79 Å². The quantitative estimate of drug-likeness (QED) is 0.538. The lowest BCUT2D eigenvalue weighted by Crippen LogP contribution is -2.25. The zero-order valence-electron chi connectivity index (χ0n) is 7.23. The summed E-state index contributed by atoms with van der Waals surface area (Å²) in [6, 6.07) is 3.33. The Morgan fingerprint density at radius 1 is 1.54 bits per heavy atom. The third-order valence-corrected chi connectivity index (χ3v) is 1.50. The Balaban J connectivity index is 2.45. The highest BCUT2D eigenvalue weighted by molar-refractivity contribution is 5.93.